The van der Waals surface area contributed by atoms with E-state index in [9.17, 15) is 18.8 Å². The molecule has 0 aliphatic heterocycles. The Hall–Kier alpha value is -2.95. The fourth-order valence-corrected chi connectivity index (χ4v) is 2.23. The molecule has 0 aliphatic rings. The van der Waals surface area contributed by atoms with Crippen molar-refractivity contribution in [3.8, 4) is 0 Å². The Bertz CT molecular complexity index is 883. The maximum atomic E-state index is 13.1. The minimum Gasteiger partial charge on any atom is -1.00 e. The predicted octanol–water partition coefficient (Wildman–Crippen LogP) is -1.35. The van der Waals surface area contributed by atoms with Crippen LogP contribution in [0.4, 0.5) is 25.5 Å². The summed E-state index contributed by atoms with van der Waals surface area (Å²) >= 11 is 5.62. The molecule has 0 saturated carbocycles. The van der Waals surface area contributed by atoms with Gasteiger partial charge in [0.25, 0.3) is 11.7 Å². The second-order valence-electron chi connectivity index (χ2n) is 5.44. The zero-order chi connectivity index (χ0) is 20.7. The van der Waals surface area contributed by atoms with Crippen molar-refractivity contribution in [1.82, 2.24) is 15.7 Å². The molecule has 1 aromatic heterocycles. The number of nitrogens with one attached hydrogen (secondary N) is 4. The number of nitrogens with zero attached hydrogens (tertiary/aromatic N) is 1. The van der Waals surface area contributed by atoms with Crippen LogP contribution in [0.5, 0.6) is 0 Å². The van der Waals surface area contributed by atoms with E-state index in [0.29, 0.717) is 16.5 Å². The number of amides is 4. The second-order valence-corrected chi connectivity index (χ2v) is 5.85. The van der Waals surface area contributed by atoms with Crippen molar-refractivity contribution in [1.29, 1.82) is 0 Å². The number of ether oxygens (including phenoxy) is 1. The Morgan fingerprint density at radius 2 is 1.97 bits per heavy atom. The summed E-state index contributed by atoms with van der Waals surface area (Å²) < 4.78 is 17.9. The SMILES string of the molecule is CCOC(=O)Nc1ccc([NH+](C)NC(=O)NC(=O)c2ccc(F)c(Cl)c2)nc1.[Cl-]. The third-order valence-electron chi connectivity index (χ3n) is 3.38. The van der Waals surface area contributed by atoms with Crippen LogP contribution in [-0.2, 0) is 4.74 Å². The first-order chi connectivity index (χ1) is 13.3. The number of urea groups is 1. The van der Waals surface area contributed by atoms with Gasteiger partial charge in [0.05, 0.1) is 30.6 Å². The van der Waals surface area contributed by atoms with E-state index in [4.69, 9.17) is 16.3 Å². The highest BCUT2D eigenvalue weighted by Gasteiger charge is 2.17. The van der Waals surface area contributed by atoms with Gasteiger partial charge >= 0.3 is 12.1 Å². The van der Waals surface area contributed by atoms with Gasteiger partial charge in [-0.2, -0.15) is 10.4 Å². The minimum atomic E-state index is -0.793. The molecular formula is C17H18Cl2FN5O4. The van der Waals surface area contributed by atoms with E-state index in [1.807, 2.05) is 0 Å². The number of hydrogen-bond acceptors (Lipinski definition) is 5. The third kappa shape index (κ3) is 7.18. The average molecular weight is 446 g/mol. The zero-order valence-electron chi connectivity index (χ0n) is 15.4. The van der Waals surface area contributed by atoms with Crippen LogP contribution in [0.25, 0.3) is 0 Å². The van der Waals surface area contributed by atoms with Gasteiger partial charge in [0.2, 0.25) is 0 Å². The van der Waals surface area contributed by atoms with Gasteiger partial charge in [-0.25, -0.2) is 19.0 Å². The lowest BCUT2D eigenvalue weighted by Gasteiger charge is -2.13. The second kappa shape index (κ2) is 11.1. The number of rotatable bonds is 5. The molecule has 0 spiro atoms. The zero-order valence-corrected chi connectivity index (χ0v) is 16.9. The first-order valence-corrected chi connectivity index (χ1v) is 8.49. The third-order valence-corrected chi connectivity index (χ3v) is 3.67. The summed E-state index contributed by atoms with van der Waals surface area (Å²) in [6.07, 6.45) is 0.788. The normalized spacial score (nSPS) is 10.9. The van der Waals surface area contributed by atoms with E-state index >= 15 is 0 Å². The van der Waals surface area contributed by atoms with Gasteiger partial charge in [-0.05, 0) is 31.2 Å². The number of anilines is 1. The summed E-state index contributed by atoms with van der Waals surface area (Å²) in [4.78, 5) is 39.4. The van der Waals surface area contributed by atoms with Crippen LogP contribution in [0.2, 0.25) is 5.02 Å². The number of aromatic nitrogens is 1. The number of carbonyl (C=O) groups excluding carboxylic acids is 3. The van der Waals surface area contributed by atoms with Crippen molar-refractivity contribution >= 4 is 41.1 Å². The fraction of sp³-hybridized carbons (Fsp3) is 0.176. The van der Waals surface area contributed by atoms with Crippen LogP contribution in [0.15, 0.2) is 36.5 Å². The van der Waals surface area contributed by atoms with E-state index in [2.05, 4.69) is 21.0 Å². The summed E-state index contributed by atoms with van der Waals surface area (Å²) in [5, 5.41) is 4.73. The standard InChI is InChI=1S/C17H17ClFN5O4.ClH/c1-3-28-17(27)21-11-5-7-14(20-9-11)24(2)23-16(26)22-15(25)10-4-6-13(19)12(18)8-10;/h4-9H,3H2,1-2H3,(H,21,27)(H2,22,23,25,26);1H. The van der Waals surface area contributed by atoms with Crippen LogP contribution in [0.1, 0.15) is 17.3 Å². The van der Waals surface area contributed by atoms with E-state index in [1.165, 1.54) is 12.3 Å². The van der Waals surface area contributed by atoms with Crippen molar-refractivity contribution in [3.05, 3.63) is 52.9 Å². The molecule has 0 bridgehead atoms. The van der Waals surface area contributed by atoms with Gasteiger partial charge in [0, 0.05) is 11.6 Å². The Morgan fingerprint density at radius 3 is 2.55 bits per heavy atom. The molecule has 9 nitrogen and oxygen atoms in total. The molecular weight excluding hydrogens is 428 g/mol. The molecule has 29 heavy (non-hydrogen) atoms. The first kappa shape index (κ1) is 24.1. The summed E-state index contributed by atoms with van der Waals surface area (Å²) in [5.41, 5.74) is 2.92. The average Bonchev–Trinajstić information content (AvgIpc) is 2.64. The van der Waals surface area contributed by atoms with E-state index in [0.717, 1.165) is 12.1 Å². The monoisotopic (exact) mass is 445 g/mol. The smallest absolute Gasteiger partial charge is 0.411 e. The lowest BCUT2D eigenvalue weighted by atomic mass is 10.2. The molecule has 2 rings (SSSR count). The molecule has 2 aromatic rings. The van der Waals surface area contributed by atoms with E-state index in [1.54, 1.807) is 26.1 Å². The maximum absolute atomic E-state index is 13.1. The number of hydrogen-bond donors (Lipinski definition) is 4. The van der Waals surface area contributed by atoms with Crippen LogP contribution >= 0.6 is 11.6 Å². The summed E-state index contributed by atoms with van der Waals surface area (Å²) in [7, 11) is 1.58. The van der Waals surface area contributed by atoms with Gasteiger partial charge in [-0.3, -0.25) is 15.4 Å². The number of benzene rings is 1. The highest BCUT2D eigenvalue weighted by molar-refractivity contribution is 6.31. The molecule has 0 radical (unpaired) electrons. The highest BCUT2D eigenvalue weighted by atomic mass is 35.5. The van der Waals surface area contributed by atoms with Gasteiger partial charge in [-0.15, -0.1) is 0 Å². The summed E-state index contributed by atoms with van der Waals surface area (Å²) in [5.74, 6) is -0.991. The number of pyridine rings is 1. The van der Waals surface area contributed by atoms with Gasteiger partial charge in [0.1, 0.15) is 5.82 Å². The number of carbonyl (C=O) groups is 3. The molecule has 4 N–H and O–H groups in total. The topological polar surface area (TPSA) is 114 Å². The van der Waals surface area contributed by atoms with E-state index < -0.39 is 23.8 Å². The summed E-state index contributed by atoms with van der Waals surface area (Å²) in [6, 6.07) is 5.71. The first-order valence-electron chi connectivity index (χ1n) is 8.11. The lowest BCUT2D eigenvalue weighted by molar-refractivity contribution is -0.852. The maximum Gasteiger partial charge on any atom is 0.411 e. The van der Waals surface area contributed by atoms with Crippen molar-refractivity contribution in [3.63, 3.8) is 0 Å². The molecule has 1 aromatic carbocycles. The highest BCUT2D eigenvalue weighted by Crippen LogP contribution is 2.15. The quantitative estimate of drug-likeness (QED) is 0.425. The number of quaternary nitrogens is 1. The largest absolute Gasteiger partial charge is 1.00 e. The van der Waals surface area contributed by atoms with Gasteiger partial charge in [0.15, 0.2) is 0 Å². The lowest BCUT2D eigenvalue weighted by Crippen LogP contribution is -3.12. The molecule has 1 heterocycles. The van der Waals surface area contributed by atoms with Crippen molar-refractivity contribution < 1.29 is 40.9 Å². The summed E-state index contributed by atoms with van der Waals surface area (Å²) in [6.45, 7) is 1.93. The molecule has 0 aliphatic carbocycles. The van der Waals surface area contributed by atoms with Crippen LogP contribution in [0, 0.1) is 5.82 Å². The number of imide groups is 1. The predicted molar refractivity (Wildman–Crippen MR) is 98.8 cm³/mol. The minimum absolute atomic E-state index is 0. The van der Waals surface area contributed by atoms with Crippen LogP contribution in [-0.4, -0.2) is 36.7 Å². The fourth-order valence-electron chi connectivity index (χ4n) is 2.05. The molecule has 1 unspecified atom stereocenters. The molecule has 0 saturated heterocycles. The molecule has 156 valence electrons. The van der Waals surface area contributed by atoms with Crippen molar-refractivity contribution in [2.45, 2.75) is 6.92 Å². The van der Waals surface area contributed by atoms with Crippen molar-refractivity contribution in [2.75, 3.05) is 19.0 Å². The molecule has 4 amide bonds. The van der Waals surface area contributed by atoms with Gasteiger partial charge < -0.3 is 17.1 Å². The Kier molecular flexibility index (Phi) is 9.26. The van der Waals surface area contributed by atoms with Crippen molar-refractivity contribution in [2.24, 2.45) is 0 Å². The van der Waals surface area contributed by atoms with E-state index in [-0.39, 0.29) is 29.6 Å². The molecule has 1 atom stereocenters. The van der Waals surface area contributed by atoms with Crippen LogP contribution < -0.4 is 33.5 Å². The Balaban J connectivity index is 0.00000420. The Labute approximate surface area is 176 Å². The number of halogens is 3. The Morgan fingerprint density at radius 1 is 1.24 bits per heavy atom. The van der Waals surface area contributed by atoms with Crippen LogP contribution in [0.3, 0.4) is 0 Å². The molecule has 0 fully saturated rings. The van der Waals surface area contributed by atoms with Gasteiger partial charge in [-0.1, -0.05) is 11.6 Å². The molecule has 12 heteroatoms.